The first-order chi connectivity index (χ1) is 14.4. The molecular weight excluding hydrogens is 389 g/mol. The van der Waals surface area contributed by atoms with Crippen molar-refractivity contribution in [3.63, 3.8) is 0 Å². The highest BCUT2D eigenvalue weighted by atomic mass is 19.1. The lowest BCUT2D eigenvalue weighted by Gasteiger charge is -2.25. The topological polar surface area (TPSA) is 76.1 Å². The number of carbonyl (C=O) groups excluding carboxylic acids is 2. The second kappa shape index (κ2) is 9.09. The molecule has 6 nitrogen and oxygen atoms in total. The van der Waals surface area contributed by atoms with Crippen LogP contribution in [-0.2, 0) is 14.3 Å². The minimum atomic E-state index is -0.815. The number of Topliss-reactive ketones (excluding diaryl/α,β-unsaturated/α-hetero) is 1. The first-order valence-electron chi connectivity index (χ1n) is 9.56. The molecule has 1 atom stereocenters. The van der Waals surface area contributed by atoms with E-state index in [1.807, 2.05) is 6.92 Å². The highest BCUT2D eigenvalue weighted by Crippen LogP contribution is 2.39. The quantitative estimate of drug-likeness (QED) is 0.325. The predicted octanol–water partition coefficient (Wildman–Crippen LogP) is 3.60. The highest BCUT2D eigenvalue weighted by molar-refractivity contribution is 6.46. The van der Waals surface area contributed by atoms with Gasteiger partial charge in [-0.25, -0.2) is 4.39 Å². The summed E-state index contributed by atoms with van der Waals surface area (Å²) in [6.07, 6.45) is 0.517. The van der Waals surface area contributed by atoms with E-state index in [0.29, 0.717) is 29.9 Å². The van der Waals surface area contributed by atoms with Gasteiger partial charge in [0.15, 0.2) is 0 Å². The summed E-state index contributed by atoms with van der Waals surface area (Å²) in [7, 11) is 3.10. The van der Waals surface area contributed by atoms with Gasteiger partial charge in [-0.1, -0.05) is 12.1 Å². The minimum Gasteiger partial charge on any atom is -0.507 e. The van der Waals surface area contributed by atoms with Crippen LogP contribution in [0.3, 0.4) is 0 Å². The predicted molar refractivity (Wildman–Crippen MR) is 110 cm³/mol. The minimum absolute atomic E-state index is 0.0198. The van der Waals surface area contributed by atoms with E-state index in [9.17, 15) is 19.1 Å². The molecule has 1 unspecified atom stereocenters. The van der Waals surface area contributed by atoms with Crippen molar-refractivity contribution >= 4 is 17.4 Å². The number of hydrogen-bond donors (Lipinski definition) is 1. The number of likely N-dealkylation sites (tertiary alicyclic amines) is 1. The van der Waals surface area contributed by atoms with Gasteiger partial charge >= 0.3 is 0 Å². The lowest BCUT2D eigenvalue weighted by molar-refractivity contribution is -0.140. The van der Waals surface area contributed by atoms with Gasteiger partial charge in [0.05, 0.1) is 18.7 Å². The Hall–Kier alpha value is -3.19. The van der Waals surface area contributed by atoms with E-state index in [1.165, 1.54) is 29.2 Å². The van der Waals surface area contributed by atoms with Crippen LogP contribution >= 0.6 is 0 Å². The molecule has 1 saturated heterocycles. The van der Waals surface area contributed by atoms with Crippen molar-refractivity contribution in [2.24, 2.45) is 0 Å². The summed E-state index contributed by atoms with van der Waals surface area (Å²) in [6.45, 7) is 2.49. The second-order valence-electron chi connectivity index (χ2n) is 7.07. The molecular formula is C23H24FNO5. The molecule has 1 amide bonds. The van der Waals surface area contributed by atoms with Gasteiger partial charge in [0, 0.05) is 25.8 Å². The Morgan fingerprint density at radius 2 is 1.83 bits per heavy atom. The van der Waals surface area contributed by atoms with Gasteiger partial charge in [-0.15, -0.1) is 0 Å². The molecule has 1 fully saturated rings. The number of aliphatic hydroxyl groups excluding tert-OH is 1. The van der Waals surface area contributed by atoms with E-state index >= 15 is 0 Å². The SMILES string of the molecule is COCCCN1C(=O)C(=O)/C(=C(/O)c2ccc(OC)c(C)c2)C1c1ccc(F)cc1. The fraction of sp³-hybridized carbons (Fsp3) is 0.304. The van der Waals surface area contributed by atoms with Crippen LogP contribution in [-0.4, -0.2) is 49.1 Å². The number of carbonyl (C=O) groups is 2. The molecule has 0 spiro atoms. The smallest absolute Gasteiger partial charge is 0.295 e. The van der Waals surface area contributed by atoms with E-state index in [-0.39, 0.29) is 17.9 Å². The number of ketones is 1. The lowest BCUT2D eigenvalue weighted by atomic mass is 9.94. The van der Waals surface area contributed by atoms with Crippen molar-refractivity contribution in [1.82, 2.24) is 4.90 Å². The standard InChI is InChI=1S/C23H24FNO5/c1-14-13-16(7-10-18(14)30-3)21(26)19-20(15-5-8-17(24)9-6-15)25(11-4-12-29-2)23(28)22(19)27/h5-10,13,20,26H,4,11-12H2,1-3H3/b21-19+. The van der Waals surface area contributed by atoms with Gasteiger partial charge in [0.1, 0.15) is 17.3 Å². The Kier molecular flexibility index (Phi) is 6.52. The second-order valence-corrected chi connectivity index (χ2v) is 7.07. The Balaban J connectivity index is 2.12. The third kappa shape index (κ3) is 4.07. The first kappa shape index (κ1) is 21.5. The van der Waals surface area contributed by atoms with Crippen LogP contribution in [0.2, 0.25) is 0 Å². The number of aryl methyl sites for hydroxylation is 1. The Labute approximate surface area is 174 Å². The molecule has 158 valence electrons. The Bertz CT molecular complexity index is 984. The van der Waals surface area contributed by atoms with Gasteiger partial charge in [0.25, 0.3) is 11.7 Å². The third-order valence-electron chi connectivity index (χ3n) is 5.14. The first-order valence-corrected chi connectivity index (χ1v) is 9.56. The van der Waals surface area contributed by atoms with Crippen molar-refractivity contribution in [2.45, 2.75) is 19.4 Å². The molecule has 0 aromatic heterocycles. The summed E-state index contributed by atoms with van der Waals surface area (Å²) in [5.74, 6) is -1.54. The van der Waals surface area contributed by atoms with Gasteiger partial charge < -0.3 is 19.5 Å². The number of benzene rings is 2. The fourth-order valence-corrected chi connectivity index (χ4v) is 3.66. The zero-order chi connectivity index (χ0) is 21.8. The number of rotatable bonds is 7. The number of nitrogens with zero attached hydrogens (tertiary/aromatic N) is 1. The highest BCUT2D eigenvalue weighted by Gasteiger charge is 2.45. The van der Waals surface area contributed by atoms with Crippen LogP contribution in [0.25, 0.3) is 5.76 Å². The average Bonchev–Trinajstić information content (AvgIpc) is 2.99. The maximum Gasteiger partial charge on any atom is 0.295 e. The molecule has 1 heterocycles. The summed E-state index contributed by atoms with van der Waals surface area (Å²) in [5.41, 5.74) is 1.69. The lowest BCUT2D eigenvalue weighted by Crippen LogP contribution is -2.31. The largest absolute Gasteiger partial charge is 0.507 e. The molecule has 7 heteroatoms. The normalized spacial score (nSPS) is 18.1. The van der Waals surface area contributed by atoms with Crippen LogP contribution in [0, 0.1) is 12.7 Å². The summed E-state index contributed by atoms with van der Waals surface area (Å²) in [6, 6.07) is 9.75. The van der Waals surface area contributed by atoms with E-state index in [0.717, 1.165) is 5.56 Å². The average molecular weight is 413 g/mol. The zero-order valence-electron chi connectivity index (χ0n) is 17.1. The molecule has 0 aliphatic carbocycles. The van der Waals surface area contributed by atoms with E-state index in [2.05, 4.69) is 0 Å². The van der Waals surface area contributed by atoms with Crippen LogP contribution in [0.5, 0.6) is 5.75 Å². The van der Waals surface area contributed by atoms with Gasteiger partial charge in [-0.3, -0.25) is 9.59 Å². The molecule has 1 aliphatic heterocycles. The van der Waals surface area contributed by atoms with Crippen LogP contribution in [0.4, 0.5) is 4.39 Å². The number of methoxy groups -OCH3 is 2. The zero-order valence-corrected chi connectivity index (χ0v) is 17.1. The molecule has 2 aromatic carbocycles. The maximum absolute atomic E-state index is 13.5. The van der Waals surface area contributed by atoms with Crippen LogP contribution in [0.1, 0.15) is 29.2 Å². The van der Waals surface area contributed by atoms with Crippen molar-refractivity contribution in [1.29, 1.82) is 0 Å². The number of ether oxygens (including phenoxy) is 2. The number of hydrogen-bond acceptors (Lipinski definition) is 5. The number of halogens is 1. The summed E-state index contributed by atoms with van der Waals surface area (Å²) < 4.78 is 23.8. The van der Waals surface area contributed by atoms with Gasteiger partial charge in [-0.2, -0.15) is 0 Å². The molecule has 30 heavy (non-hydrogen) atoms. The molecule has 1 aliphatic rings. The fourth-order valence-electron chi connectivity index (χ4n) is 3.66. The van der Waals surface area contributed by atoms with Crippen molar-refractivity contribution < 1.29 is 28.6 Å². The van der Waals surface area contributed by atoms with Crippen molar-refractivity contribution in [3.05, 3.63) is 70.5 Å². The van der Waals surface area contributed by atoms with E-state index < -0.39 is 23.5 Å². The number of aliphatic hydroxyl groups is 1. The molecule has 2 aromatic rings. The van der Waals surface area contributed by atoms with Gasteiger partial charge in [-0.05, 0) is 54.8 Å². The van der Waals surface area contributed by atoms with Crippen LogP contribution < -0.4 is 4.74 Å². The van der Waals surface area contributed by atoms with Crippen molar-refractivity contribution in [3.8, 4) is 5.75 Å². The number of amides is 1. The van der Waals surface area contributed by atoms with E-state index in [4.69, 9.17) is 9.47 Å². The summed E-state index contributed by atoms with van der Waals surface area (Å²) in [5, 5.41) is 11.0. The van der Waals surface area contributed by atoms with E-state index in [1.54, 1.807) is 32.4 Å². The third-order valence-corrected chi connectivity index (χ3v) is 5.14. The Morgan fingerprint density at radius 3 is 2.43 bits per heavy atom. The molecule has 3 rings (SSSR count). The van der Waals surface area contributed by atoms with Gasteiger partial charge in [0.2, 0.25) is 0 Å². The Morgan fingerprint density at radius 1 is 1.13 bits per heavy atom. The maximum atomic E-state index is 13.5. The molecule has 0 radical (unpaired) electrons. The molecule has 0 bridgehead atoms. The summed E-state index contributed by atoms with van der Waals surface area (Å²) in [4.78, 5) is 27.0. The van der Waals surface area contributed by atoms with Crippen molar-refractivity contribution in [2.75, 3.05) is 27.4 Å². The molecule has 0 saturated carbocycles. The summed E-state index contributed by atoms with van der Waals surface area (Å²) >= 11 is 0. The van der Waals surface area contributed by atoms with Crippen LogP contribution in [0.15, 0.2) is 48.0 Å². The molecule has 1 N–H and O–H groups in total. The monoisotopic (exact) mass is 413 g/mol.